The van der Waals surface area contributed by atoms with Gasteiger partial charge in [0.1, 0.15) is 5.56 Å². The molecule has 1 heterocycles. The molecule has 0 saturated heterocycles. The monoisotopic (exact) mass is 387 g/mol. The summed E-state index contributed by atoms with van der Waals surface area (Å²) in [6.07, 6.45) is -5.74. The van der Waals surface area contributed by atoms with Crippen molar-refractivity contribution in [3.05, 3.63) is 52.0 Å². The fraction of sp³-hybridized carbons (Fsp3) is 0.235. The van der Waals surface area contributed by atoms with Crippen LogP contribution in [0.3, 0.4) is 0 Å². The molecule has 1 unspecified atom stereocenters. The van der Waals surface area contributed by atoms with Gasteiger partial charge in [-0.2, -0.15) is 13.2 Å². The zero-order valence-electron chi connectivity index (χ0n) is 13.6. The van der Waals surface area contributed by atoms with Gasteiger partial charge in [-0.1, -0.05) is 11.6 Å². The van der Waals surface area contributed by atoms with Gasteiger partial charge in [-0.3, -0.25) is 0 Å². The van der Waals surface area contributed by atoms with Crippen molar-refractivity contribution in [1.82, 2.24) is 0 Å². The standard InChI is InChI=1S/C17H13ClF3NO4/c1-24-12-6-4-9-13(14(12)25-2)16(23)26-15(9)22-11-5-3-8(18)7-10(11)17(19,20)21/h3-7,15,22H,1-2H3. The number of carbonyl (C=O) groups excluding carboxylic acids is 1. The Morgan fingerprint density at radius 3 is 2.50 bits per heavy atom. The predicted molar refractivity (Wildman–Crippen MR) is 87.8 cm³/mol. The summed E-state index contributed by atoms with van der Waals surface area (Å²) in [5.41, 5.74) is -0.778. The number of ether oxygens (including phenoxy) is 3. The molecule has 0 aromatic heterocycles. The number of carbonyl (C=O) groups is 1. The summed E-state index contributed by atoms with van der Waals surface area (Å²) in [6, 6.07) is 6.36. The molecule has 1 N–H and O–H groups in total. The summed E-state index contributed by atoms with van der Waals surface area (Å²) in [5, 5.41) is 2.54. The first-order chi connectivity index (χ1) is 12.3. The minimum absolute atomic E-state index is 0.0573. The topological polar surface area (TPSA) is 56.8 Å². The van der Waals surface area contributed by atoms with E-state index in [2.05, 4.69) is 5.32 Å². The average molecular weight is 388 g/mol. The molecule has 138 valence electrons. The van der Waals surface area contributed by atoms with Crippen LogP contribution >= 0.6 is 11.6 Å². The molecule has 1 aliphatic heterocycles. The zero-order valence-corrected chi connectivity index (χ0v) is 14.4. The van der Waals surface area contributed by atoms with Crippen LogP contribution in [0.1, 0.15) is 27.7 Å². The van der Waals surface area contributed by atoms with Crippen molar-refractivity contribution in [2.75, 3.05) is 19.5 Å². The van der Waals surface area contributed by atoms with Crippen LogP contribution in [0.25, 0.3) is 0 Å². The lowest BCUT2D eigenvalue weighted by Gasteiger charge is -2.19. The van der Waals surface area contributed by atoms with Crippen LogP contribution in [-0.4, -0.2) is 20.2 Å². The second kappa shape index (κ2) is 6.60. The van der Waals surface area contributed by atoms with Crippen molar-refractivity contribution in [2.45, 2.75) is 12.4 Å². The van der Waals surface area contributed by atoms with E-state index in [0.29, 0.717) is 11.3 Å². The van der Waals surface area contributed by atoms with Gasteiger partial charge in [0.25, 0.3) is 0 Å². The van der Waals surface area contributed by atoms with E-state index < -0.39 is 23.9 Å². The number of hydrogen-bond donors (Lipinski definition) is 1. The third-order valence-corrected chi connectivity index (χ3v) is 4.10. The number of methoxy groups -OCH3 is 2. The molecule has 0 spiro atoms. The van der Waals surface area contributed by atoms with Gasteiger partial charge in [0.2, 0.25) is 6.23 Å². The maximum absolute atomic E-state index is 13.2. The number of nitrogens with one attached hydrogen (secondary N) is 1. The lowest BCUT2D eigenvalue weighted by Crippen LogP contribution is -2.15. The maximum atomic E-state index is 13.2. The first-order valence-electron chi connectivity index (χ1n) is 7.35. The number of fused-ring (bicyclic) bond motifs is 1. The van der Waals surface area contributed by atoms with Gasteiger partial charge in [-0.05, 0) is 30.3 Å². The molecule has 2 aromatic carbocycles. The van der Waals surface area contributed by atoms with Crippen molar-refractivity contribution >= 4 is 23.3 Å². The predicted octanol–water partition coefficient (Wildman–Crippen LogP) is 4.66. The highest BCUT2D eigenvalue weighted by Gasteiger charge is 2.38. The maximum Gasteiger partial charge on any atom is 0.418 e. The van der Waals surface area contributed by atoms with Crippen LogP contribution in [0.15, 0.2) is 30.3 Å². The molecule has 0 bridgehead atoms. The highest BCUT2D eigenvalue weighted by atomic mass is 35.5. The van der Waals surface area contributed by atoms with Crippen molar-refractivity contribution < 1.29 is 32.2 Å². The molecule has 2 aromatic rings. The number of cyclic esters (lactones) is 1. The highest BCUT2D eigenvalue weighted by molar-refractivity contribution is 6.30. The Labute approximate surface area is 151 Å². The number of rotatable bonds is 4. The summed E-state index contributed by atoms with van der Waals surface area (Å²) in [6.45, 7) is 0. The van der Waals surface area contributed by atoms with Gasteiger partial charge in [0.05, 0.1) is 19.8 Å². The van der Waals surface area contributed by atoms with Gasteiger partial charge >= 0.3 is 12.1 Å². The fourth-order valence-electron chi connectivity index (χ4n) is 2.73. The summed E-state index contributed by atoms with van der Waals surface area (Å²) in [5.74, 6) is -0.256. The second-order valence-electron chi connectivity index (χ2n) is 5.38. The van der Waals surface area contributed by atoms with Crippen LogP contribution in [0.2, 0.25) is 5.02 Å². The van der Waals surface area contributed by atoms with Crippen molar-refractivity contribution in [3.63, 3.8) is 0 Å². The number of benzene rings is 2. The molecule has 0 fully saturated rings. The third-order valence-electron chi connectivity index (χ3n) is 3.86. The number of hydrogen-bond acceptors (Lipinski definition) is 5. The van der Waals surface area contributed by atoms with Gasteiger partial charge in [-0.15, -0.1) is 0 Å². The number of anilines is 1. The van der Waals surface area contributed by atoms with E-state index in [4.69, 9.17) is 25.8 Å². The Morgan fingerprint density at radius 2 is 1.88 bits per heavy atom. The van der Waals surface area contributed by atoms with Crippen molar-refractivity contribution in [2.24, 2.45) is 0 Å². The van der Waals surface area contributed by atoms with Gasteiger partial charge in [0.15, 0.2) is 11.5 Å². The molecule has 5 nitrogen and oxygen atoms in total. The van der Waals surface area contributed by atoms with Crippen LogP contribution < -0.4 is 14.8 Å². The van der Waals surface area contributed by atoms with E-state index >= 15 is 0 Å². The summed E-state index contributed by atoms with van der Waals surface area (Å²) in [4.78, 5) is 12.2. The van der Waals surface area contributed by atoms with Gasteiger partial charge in [-0.25, -0.2) is 4.79 Å². The number of esters is 1. The van der Waals surface area contributed by atoms with Crippen molar-refractivity contribution in [1.29, 1.82) is 0 Å². The Kier molecular flexibility index (Phi) is 4.62. The Bertz CT molecular complexity index is 870. The zero-order chi connectivity index (χ0) is 19.1. The van der Waals surface area contributed by atoms with Crippen LogP contribution in [0, 0.1) is 0 Å². The van der Waals surface area contributed by atoms with E-state index in [1.807, 2.05) is 0 Å². The van der Waals surface area contributed by atoms with Crippen molar-refractivity contribution in [3.8, 4) is 11.5 Å². The minimum Gasteiger partial charge on any atom is -0.493 e. The van der Waals surface area contributed by atoms with Gasteiger partial charge in [0, 0.05) is 16.3 Å². The fourth-order valence-corrected chi connectivity index (χ4v) is 2.90. The third kappa shape index (κ3) is 3.12. The van der Waals surface area contributed by atoms with E-state index in [1.165, 1.54) is 32.4 Å². The Hall–Kier alpha value is -2.61. The molecular formula is C17H13ClF3NO4. The molecule has 1 aliphatic rings. The van der Waals surface area contributed by atoms with Crippen LogP contribution in [-0.2, 0) is 10.9 Å². The largest absolute Gasteiger partial charge is 0.493 e. The Morgan fingerprint density at radius 1 is 1.15 bits per heavy atom. The molecule has 0 radical (unpaired) electrons. The van der Waals surface area contributed by atoms with E-state index in [9.17, 15) is 18.0 Å². The lowest BCUT2D eigenvalue weighted by molar-refractivity contribution is -0.137. The number of halogens is 4. The lowest BCUT2D eigenvalue weighted by atomic mass is 10.1. The summed E-state index contributed by atoms with van der Waals surface area (Å²) in [7, 11) is 2.76. The first-order valence-corrected chi connectivity index (χ1v) is 7.73. The van der Waals surface area contributed by atoms with E-state index in [0.717, 1.165) is 6.07 Å². The van der Waals surface area contributed by atoms with E-state index in [-0.39, 0.29) is 22.0 Å². The Balaban J connectivity index is 2.02. The normalized spacial score (nSPS) is 16.1. The molecule has 0 aliphatic carbocycles. The van der Waals surface area contributed by atoms with E-state index in [1.54, 1.807) is 6.07 Å². The summed E-state index contributed by atoms with van der Waals surface area (Å²) >= 11 is 5.67. The first kappa shape index (κ1) is 18.2. The number of alkyl halides is 3. The summed E-state index contributed by atoms with van der Waals surface area (Å²) < 4.78 is 55.3. The molecule has 0 amide bonds. The second-order valence-corrected chi connectivity index (χ2v) is 5.82. The molecule has 0 saturated carbocycles. The van der Waals surface area contributed by atoms with Gasteiger partial charge < -0.3 is 19.5 Å². The molecule has 3 rings (SSSR count). The average Bonchev–Trinajstić information content (AvgIpc) is 2.90. The molecular weight excluding hydrogens is 375 g/mol. The SMILES string of the molecule is COc1ccc2c(c1OC)C(=O)OC2Nc1ccc(Cl)cc1C(F)(F)F. The quantitative estimate of drug-likeness (QED) is 0.773. The molecule has 26 heavy (non-hydrogen) atoms. The molecule has 1 atom stereocenters. The van der Waals surface area contributed by atoms with Crippen LogP contribution in [0.5, 0.6) is 11.5 Å². The molecule has 9 heteroatoms. The highest BCUT2D eigenvalue weighted by Crippen LogP contribution is 2.44. The minimum atomic E-state index is -4.63. The smallest absolute Gasteiger partial charge is 0.418 e. The van der Waals surface area contributed by atoms with Crippen LogP contribution in [0.4, 0.5) is 18.9 Å².